The van der Waals surface area contributed by atoms with Gasteiger partial charge < -0.3 is 52.7 Å². The van der Waals surface area contributed by atoms with Crippen LogP contribution in [0.3, 0.4) is 0 Å². The third-order valence-corrected chi connectivity index (χ3v) is 9.70. The molecule has 2 spiro atoms. The first-order chi connectivity index (χ1) is 22.5. The zero-order chi connectivity index (χ0) is 33.3. The van der Waals surface area contributed by atoms with Crippen LogP contribution in [0.4, 0.5) is 0 Å². The Hall–Kier alpha value is -2.40. The molecule has 1 N–H and O–H groups in total. The van der Waals surface area contributed by atoms with Gasteiger partial charge in [-0.05, 0) is 25.7 Å². The molecule has 10 atom stereocenters. The van der Waals surface area contributed by atoms with Gasteiger partial charge in [-0.25, -0.2) is 0 Å². The Kier molecular flexibility index (Phi) is 10.4. The highest BCUT2D eigenvalue weighted by atomic mass is 16.9. The molecule has 2 aliphatic carbocycles. The zero-order valence-electron chi connectivity index (χ0n) is 27.5. The summed E-state index contributed by atoms with van der Waals surface area (Å²) in [7, 11) is 0. The summed E-state index contributed by atoms with van der Waals surface area (Å²) in [5, 5.41) is 2.73. The molecular weight excluding hydrogens is 622 g/mol. The van der Waals surface area contributed by atoms with Crippen LogP contribution >= 0.6 is 0 Å². The largest absolute Gasteiger partial charge is 0.463 e. The first kappa shape index (κ1) is 34.5. The lowest BCUT2D eigenvalue weighted by Crippen LogP contribution is -2.67. The molecular formula is C32H47NO14. The average Bonchev–Trinajstić information content (AvgIpc) is 3.55. The van der Waals surface area contributed by atoms with Gasteiger partial charge in [-0.3, -0.25) is 19.2 Å². The number of hydrogen-bond donors (Lipinski definition) is 1. The van der Waals surface area contributed by atoms with E-state index in [-0.39, 0.29) is 13.2 Å². The van der Waals surface area contributed by atoms with Crippen molar-refractivity contribution in [1.82, 2.24) is 5.32 Å². The van der Waals surface area contributed by atoms with Crippen molar-refractivity contribution in [1.29, 1.82) is 0 Å². The third kappa shape index (κ3) is 7.61. The predicted molar refractivity (Wildman–Crippen MR) is 156 cm³/mol. The van der Waals surface area contributed by atoms with E-state index in [9.17, 15) is 19.2 Å². The SMILES string of the molecule is CC(=O)N[C@H]1[C@@H](OC[C@H]2O[C@H]3OC4(CCCCC4)O[C@@H]3[C@H]3OC4(CCCCC4)O[C@@H]32)O[C@@H](COC(C)=O)[C@@H](OC(C)=O)[C@@H]1OC(C)=O. The molecule has 6 rings (SSSR count). The summed E-state index contributed by atoms with van der Waals surface area (Å²) >= 11 is 0. The molecule has 6 aliphatic rings. The second-order valence-electron chi connectivity index (χ2n) is 13.4. The van der Waals surface area contributed by atoms with Gasteiger partial charge in [0.25, 0.3) is 0 Å². The van der Waals surface area contributed by atoms with Crippen LogP contribution in [-0.4, -0.2) is 110 Å². The molecule has 0 aromatic carbocycles. The average molecular weight is 670 g/mol. The number of esters is 3. The molecule has 15 nitrogen and oxygen atoms in total. The third-order valence-electron chi connectivity index (χ3n) is 9.70. The van der Waals surface area contributed by atoms with Gasteiger partial charge in [-0.15, -0.1) is 0 Å². The van der Waals surface area contributed by atoms with Crippen LogP contribution in [0.25, 0.3) is 0 Å². The van der Waals surface area contributed by atoms with Gasteiger partial charge in [0.15, 0.2) is 36.4 Å². The first-order valence-electron chi connectivity index (χ1n) is 16.9. The van der Waals surface area contributed by atoms with Gasteiger partial charge in [-0.1, -0.05) is 12.8 Å². The minimum absolute atomic E-state index is 0.0910. The fourth-order valence-corrected chi connectivity index (χ4v) is 7.80. The Morgan fingerprint density at radius 1 is 0.638 bits per heavy atom. The summed E-state index contributed by atoms with van der Waals surface area (Å²) in [6.45, 7) is 4.46. The highest BCUT2D eigenvalue weighted by Crippen LogP contribution is 2.51. The van der Waals surface area contributed by atoms with Crippen molar-refractivity contribution in [3.05, 3.63) is 0 Å². The highest BCUT2D eigenvalue weighted by molar-refractivity contribution is 5.73. The fraction of sp³-hybridized carbons (Fsp3) is 0.875. The number of carbonyl (C=O) groups is 4. The molecule has 4 aliphatic heterocycles. The van der Waals surface area contributed by atoms with E-state index in [1.54, 1.807) is 0 Å². The quantitative estimate of drug-likeness (QED) is 0.293. The lowest BCUT2D eigenvalue weighted by molar-refractivity contribution is -0.298. The smallest absolute Gasteiger partial charge is 0.303 e. The van der Waals surface area contributed by atoms with E-state index in [1.165, 1.54) is 27.7 Å². The Balaban J connectivity index is 1.25. The number of amides is 1. The van der Waals surface area contributed by atoms with Crippen molar-refractivity contribution in [3.63, 3.8) is 0 Å². The fourth-order valence-electron chi connectivity index (χ4n) is 7.80. The minimum atomic E-state index is -1.24. The van der Waals surface area contributed by atoms with Crippen LogP contribution in [-0.2, 0) is 66.5 Å². The molecule has 4 saturated heterocycles. The molecule has 264 valence electrons. The van der Waals surface area contributed by atoms with Crippen molar-refractivity contribution in [2.24, 2.45) is 0 Å². The summed E-state index contributed by atoms with van der Waals surface area (Å²) in [6.07, 6.45) is 1.57. The van der Waals surface area contributed by atoms with Crippen LogP contribution in [0.1, 0.15) is 91.9 Å². The second-order valence-corrected chi connectivity index (χ2v) is 13.4. The molecule has 0 aromatic heterocycles. The molecule has 15 heteroatoms. The van der Waals surface area contributed by atoms with E-state index in [1.807, 2.05) is 0 Å². The van der Waals surface area contributed by atoms with E-state index < -0.39 is 96.7 Å². The molecule has 6 fully saturated rings. The summed E-state index contributed by atoms with van der Waals surface area (Å²) < 4.78 is 61.8. The standard InChI is InChI=1S/C32H47NO14/c1-17(34)33-23-26(41-20(4)37)24(40-19(3)36)21(15-38-18(2)35)42-29(23)39-16-22-25-27(45-31(44-25)11-7-5-8-12-31)28-30(43-22)47-32(46-28)13-9-6-10-14-32/h21-30H,5-16H2,1-4H3,(H,33,34)/t21-,22+,23+,24+,25+,26+,27-,28+,29-,30-/m0/s1. The van der Waals surface area contributed by atoms with Gasteiger partial charge in [0, 0.05) is 53.4 Å². The van der Waals surface area contributed by atoms with Crippen molar-refractivity contribution in [3.8, 4) is 0 Å². The van der Waals surface area contributed by atoms with Crippen molar-refractivity contribution in [2.75, 3.05) is 13.2 Å². The van der Waals surface area contributed by atoms with E-state index in [0.29, 0.717) is 0 Å². The molecule has 0 radical (unpaired) electrons. The Morgan fingerprint density at radius 3 is 1.81 bits per heavy atom. The highest BCUT2D eigenvalue weighted by Gasteiger charge is 2.64. The van der Waals surface area contributed by atoms with Gasteiger partial charge >= 0.3 is 17.9 Å². The van der Waals surface area contributed by atoms with E-state index in [0.717, 1.165) is 64.2 Å². The maximum Gasteiger partial charge on any atom is 0.303 e. The van der Waals surface area contributed by atoms with Crippen LogP contribution in [0.2, 0.25) is 0 Å². The van der Waals surface area contributed by atoms with Gasteiger partial charge in [-0.2, -0.15) is 0 Å². The monoisotopic (exact) mass is 669 g/mol. The maximum atomic E-state index is 12.4. The van der Waals surface area contributed by atoms with Gasteiger partial charge in [0.2, 0.25) is 5.91 Å². The van der Waals surface area contributed by atoms with Crippen LogP contribution in [0.15, 0.2) is 0 Å². The predicted octanol–water partition coefficient (Wildman–Crippen LogP) is 1.90. The van der Waals surface area contributed by atoms with E-state index in [2.05, 4.69) is 5.32 Å². The summed E-state index contributed by atoms with van der Waals surface area (Å²) in [5.74, 6) is -3.92. The lowest BCUT2D eigenvalue weighted by atomic mass is 9.94. The number of carbonyl (C=O) groups excluding carboxylic acids is 4. The normalized spacial score (nSPS) is 38.6. The molecule has 0 unspecified atom stereocenters. The summed E-state index contributed by atoms with van der Waals surface area (Å²) in [6, 6.07) is -1.11. The lowest BCUT2D eigenvalue weighted by Gasteiger charge is -2.45. The second kappa shape index (κ2) is 14.2. The topological polar surface area (TPSA) is 173 Å². The Bertz CT molecular complexity index is 1170. The van der Waals surface area contributed by atoms with Crippen molar-refractivity contribution in [2.45, 2.75) is 165 Å². The number of ether oxygens (including phenoxy) is 10. The summed E-state index contributed by atoms with van der Waals surface area (Å²) in [4.78, 5) is 48.4. The number of nitrogens with one attached hydrogen (secondary N) is 1. The Morgan fingerprint density at radius 2 is 1.21 bits per heavy atom. The molecule has 4 heterocycles. The molecule has 1 amide bonds. The number of fused-ring (bicyclic) bond motifs is 3. The van der Waals surface area contributed by atoms with Gasteiger partial charge in [0.05, 0.1) is 6.61 Å². The van der Waals surface area contributed by atoms with Gasteiger partial charge in [0.1, 0.15) is 43.2 Å². The minimum Gasteiger partial charge on any atom is -0.463 e. The van der Waals surface area contributed by atoms with E-state index in [4.69, 9.17) is 47.4 Å². The molecule has 47 heavy (non-hydrogen) atoms. The van der Waals surface area contributed by atoms with Crippen LogP contribution < -0.4 is 5.32 Å². The maximum absolute atomic E-state index is 12.4. The van der Waals surface area contributed by atoms with E-state index >= 15 is 0 Å². The zero-order valence-corrected chi connectivity index (χ0v) is 27.5. The first-order valence-corrected chi connectivity index (χ1v) is 16.9. The van der Waals surface area contributed by atoms with Crippen molar-refractivity contribution >= 4 is 23.8 Å². The molecule has 0 bridgehead atoms. The van der Waals surface area contributed by atoms with Crippen LogP contribution in [0.5, 0.6) is 0 Å². The Labute approximate surface area is 273 Å². The number of rotatable bonds is 8. The molecule has 2 saturated carbocycles. The van der Waals surface area contributed by atoms with Crippen LogP contribution in [0, 0.1) is 0 Å². The number of hydrogen-bond acceptors (Lipinski definition) is 14. The summed E-state index contributed by atoms with van der Waals surface area (Å²) in [5.41, 5.74) is 0. The molecule has 0 aromatic rings. The van der Waals surface area contributed by atoms with Crippen molar-refractivity contribution < 1.29 is 66.5 Å².